The fourth-order valence-corrected chi connectivity index (χ4v) is 3.35. The number of fused-ring (bicyclic) bond motifs is 1. The number of hydrogen-bond donors (Lipinski definition) is 1. The van der Waals surface area contributed by atoms with Crippen LogP contribution in [0.25, 0.3) is 10.2 Å². The number of amides is 1. The molecule has 3 aromatic rings. The SMILES string of the molecule is Cc1ccc(OCCCC(=O)Nc2nc3ccc(Cl)cc3s2)cc1. The Kier molecular flexibility index (Phi) is 5.33. The number of aryl methyl sites for hydroxylation is 1. The van der Waals surface area contributed by atoms with Gasteiger partial charge in [-0.3, -0.25) is 4.79 Å². The summed E-state index contributed by atoms with van der Waals surface area (Å²) in [6, 6.07) is 13.3. The number of carbonyl (C=O) groups excluding carboxylic acids is 1. The number of carbonyl (C=O) groups is 1. The average molecular weight is 361 g/mol. The Hall–Kier alpha value is -2.11. The number of rotatable bonds is 6. The van der Waals surface area contributed by atoms with Crippen LogP contribution in [0.2, 0.25) is 5.02 Å². The lowest BCUT2D eigenvalue weighted by molar-refractivity contribution is -0.116. The van der Waals surface area contributed by atoms with Crippen LogP contribution in [0.3, 0.4) is 0 Å². The van der Waals surface area contributed by atoms with Crippen molar-refractivity contribution >= 4 is 44.2 Å². The molecule has 4 nitrogen and oxygen atoms in total. The maximum Gasteiger partial charge on any atom is 0.226 e. The van der Waals surface area contributed by atoms with Crippen molar-refractivity contribution in [2.24, 2.45) is 0 Å². The van der Waals surface area contributed by atoms with Crippen LogP contribution < -0.4 is 10.1 Å². The zero-order valence-electron chi connectivity index (χ0n) is 13.2. The van der Waals surface area contributed by atoms with Gasteiger partial charge in [0.2, 0.25) is 5.91 Å². The molecule has 0 saturated carbocycles. The lowest BCUT2D eigenvalue weighted by Crippen LogP contribution is -2.12. The van der Waals surface area contributed by atoms with Crippen molar-refractivity contribution in [3.05, 3.63) is 53.1 Å². The van der Waals surface area contributed by atoms with Gasteiger partial charge in [-0.1, -0.05) is 40.6 Å². The molecular formula is C18H17ClN2O2S. The highest BCUT2D eigenvalue weighted by atomic mass is 35.5. The molecule has 0 unspecified atom stereocenters. The molecule has 0 fully saturated rings. The first-order chi connectivity index (χ1) is 11.6. The summed E-state index contributed by atoms with van der Waals surface area (Å²) in [6.07, 6.45) is 1.04. The lowest BCUT2D eigenvalue weighted by atomic mass is 10.2. The fourth-order valence-electron chi connectivity index (χ4n) is 2.19. The molecule has 0 radical (unpaired) electrons. The predicted octanol–water partition coefficient (Wildman–Crippen LogP) is 5.06. The normalized spacial score (nSPS) is 10.8. The maximum atomic E-state index is 12.0. The molecule has 0 aliphatic carbocycles. The zero-order chi connectivity index (χ0) is 16.9. The Labute approximate surface area is 149 Å². The Morgan fingerprint density at radius 2 is 2.04 bits per heavy atom. The smallest absolute Gasteiger partial charge is 0.226 e. The van der Waals surface area contributed by atoms with Crippen molar-refractivity contribution in [2.75, 3.05) is 11.9 Å². The Morgan fingerprint density at radius 1 is 1.25 bits per heavy atom. The van der Waals surface area contributed by atoms with Crippen LogP contribution in [0.1, 0.15) is 18.4 Å². The average Bonchev–Trinajstić information content (AvgIpc) is 2.94. The van der Waals surface area contributed by atoms with E-state index in [9.17, 15) is 4.79 Å². The van der Waals surface area contributed by atoms with Crippen LogP contribution in [0.15, 0.2) is 42.5 Å². The van der Waals surface area contributed by atoms with E-state index in [-0.39, 0.29) is 5.91 Å². The zero-order valence-corrected chi connectivity index (χ0v) is 14.8. The summed E-state index contributed by atoms with van der Waals surface area (Å²) < 4.78 is 6.57. The summed E-state index contributed by atoms with van der Waals surface area (Å²) in [5.74, 6) is 0.761. The first-order valence-corrected chi connectivity index (χ1v) is 8.85. The number of aromatic nitrogens is 1. The number of nitrogens with zero attached hydrogens (tertiary/aromatic N) is 1. The number of halogens is 1. The van der Waals surface area contributed by atoms with Gasteiger partial charge in [0.15, 0.2) is 5.13 Å². The number of nitrogens with one attached hydrogen (secondary N) is 1. The summed E-state index contributed by atoms with van der Waals surface area (Å²) >= 11 is 7.37. The third-order valence-electron chi connectivity index (χ3n) is 3.43. The standard InChI is InChI=1S/C18H17ClN2O2S/c1-12-4-7-14(8-5-12)23-10-2-3-17(22)21-18-20-15-9-6-13(19)11-16(15)24-18/h4-9,11H,2-3,10H2,1H3,(H,20,21,22). The van der Waals surface area contributed by atoms with E-state index >= 15 is 0 Å². The largest absolute Gasteiger partial charge is 0.494 e. The summed E-state index contributed by atoms with van der Waals surface area (Å²) in [4.78, 5) is 16.4. The van der Waals surface area contributed by atoms with E-state index in [2.05, 4.69) is 10.3 Å². The molecular weight excluding hydrogens is 344 g/mol. The van der Waals surface area contributed by atoms with Gasteiger partial charge in [-0.15, -0.1) is 0 Å². The van der Waals surface area contributed by atoms with E-state index in [1.54, 1.807) is 6.07 Å². The minimum absolute atomic E-state index is 0.0624. The van der Waals surface area contributed by atoms with Crippen LogP contribution in [-0.4, -0.2) is 17.5 Å². The molecule has 2 aromatic carbocycles. The minimum Gasteiger partial charge on any atom is -0.494 e. The van der Waals surface area contributed by atoms with Crippen LogP contribution in [0.5, 0.6) is 5.75 Å². The van der Waals surface area contributed by atoms with Crippen molar-refractivity contribution in [2.45, 2.75) is 19.8 Å². The van der Waals surface area contributed by atoms with Gasteiger partial charge in [0.1, 0.15) is 5.75 Å². The molecule has 24 heavy (non-hydrogen) atoms. The highest BCUT2D eigenvalue weighted by molar-refractivity contribution is 7.22. The molecule has 0 aliphatic rings. The van der Waals surface area contributed by atoms with Gasteiger partial charge < -0.3 is 10.1 Å². The highest BCUT2D eigenvalue weighted by Gasteiger charge is 2.08. The maximum absolute atomic E-state index is 12.0. The Balaban J connectivity index is 1.45. The molecule has 0 saturated heterocycles. The number of ether oxygens (including phenoxy) is 1. The summed E-state index contributed by atoms with van der Waals surface area (Å²) in [7, 11) is 0. The van der Waals surface area contributed by atoms with Gasteiger partial charge in [0.05, 0.1) is 16.8 Å². The first-order valence-electron chi connectivity index (χ1n) is 7.65. The quantitative estimate of drug-likeness (QED) is 0.625. The summed E-state index contributed by atoms with van der Waals surface area (Å²) in [5, 5.41) is 4.09. The van der Waals surface area contributed by atoms with Crippen molar-refractivity contribution in [3.8, 4) is 5.75 Å². The van der Waals surface area contributed by atoms with Crippen LogP contribution >= 0.6 is 22.9 Å². The molecule has 0 atom stereocenters. The van der Waals surface area contributed by atoms with Gasteiger partial charge in [-0.05, 0) is 43.7 Å². The lowest BCUT2D eigenvalue weighted by Gasteiger charge is -2.06. The van der Waals surface area contributed by atoms with Gasteiger partial charge in [0.25, 0.3) is 0 Å². The molecule has 0 spiro atoms. The van der Waals surface area contributed by atoms with Crippen LogP contribution in [0.4, 0.5) is 5.13 Å². The van der Waals surface area contributed by atoms with Crippen molar-refractivity contribution in [1.29, 1.82) is 0 Å². The molecule has 0 aliphatic heterocycles. The molecule has 1 heterocycles. The van der Waals surface area contributed by atoms with Gasteiger partial charge >= 0.3 is 0 Å². The van der Waals surface area contributed by atoms with Gasteiger partial charge in [-0.25, -0.2) is 4.98 Å². The Bertz CT molecular complexity index is 846. The molecule has 124 valence electrons. The van der Waals surface area contributed by atoms with Crippen molar-refractivity contribution in [1.82, 2.24) is 4.98 Å². The van der Waals surface area contributed by atoms with E-state index in [1.165, 1.54) is 16.9 Å². The number of anilines is 1. The van der Waals surface area contributed by atoms with E-state index in [0.717, 1.165) is 16.0 Å². The van der Waals surface area contributed by atoms with E-state index in [4.69, 9.17) is 16.3 Å². The molecule has 1 aromatic heterocycles. The second kappa shape index (κ2) is 7.64. The molecule has 6 heteroatoms. The van der Waals surface area contributed by atoms with E-state index < -0.39 is 0 Å². The molecule has 1 amide bonds. The van der Waals surface area contributed by atoms with Crippen LogP contribution in [0, 0.1) is 6.92 Å². The predicted molar refractivity (Wildman–Crippen MR) is 99.2 cm³/mol. The van der Waals surface area contributed by atoms with Crippen molar-refractivity contribution in [3.63, 3.8) is 0 Å². The highest BCUT2D eigenvalue weighted by Crippen LogP contribution is 2.28. The van der Waals surface area contributed by atoms with E-state index in [0.29, 0.717) is 29.6 Å². The second-order valence-electron chi connectivity index (χ2n) is 5.44. The van der Waals surface area contributed by atoms with Crippen molar-refractivity contribution < 1.29 is 9.53 Å². The fraction of sp³-hybridized carbons (Fsp3) is 0.222. The van der Waals surface area contributed by atoms with Crippen LogP contribution in [-0.2, 0) is 4.79 Å². The molecule has 0 bridgehead atoms. The number of thiazole rings is 1. The third kappa shape index (κ3) is 4.46. The topological polar surface area (TPSA) is 51.2 Å². The number of hydrogen-bond acceptors (Lipinski definition) is 4. The molecule has 3 rings (SSSR count). The first kappa shape index (κ1) is 16.7. The third-order valence-corrected chi connectivity index (χ3v) is 4.60. The minimum atomic E-state index is -0.0624. The van der Waals surface area contributed by atoms with Gasteiger partial charge in [-0.2, -0.15) is 0 Å². The molecule has 1 N–H and O–H groups in total. The number of benzene rings is 2. The summed E-state index contributed by atoms with van der Waals surface area (Å²) in [6.45, 7) is 2.54. The Morgan fingerprint density at radius 3 is 2.83 bits per heavy atom. The van der Waals surface area contributed by atoms with Gasteiger partial charge in [0, 0.05) is 11.4 Å². The second-order valence-corrected chi connectivity index (χ2v) is 6.91. The summed E-state index contributed by atoms with van der Waals surface area (Å²) in [5.41, 5.74) is 2.03. The monoisotopic (exact) mass is 360 g/mol. The van der Waals surface area contributed by atoms with E-state index in [1.807, 2.05) is 43.3 Å².